The van der Waals surface area contributed by atoms with Gasteiger partial charge in [0.15, 0.2) is 0 Å². The SMILES string of the molecule is COCCN(C1CC1)C(CO)C(N)COC. The van der Waals surface area contributed by atoms with Gasteiger partial charge in [-0.2, -0.15) is 0 Å². The van der Waals surface area contributed by atoms with Crippen LogP contribution in [0.5, 0.6) is 0 Å². The van der Waals surface area contributed by atoms with Crippen LogP contribution in [0.4, 0.5) is 0 Å². The third-order valence-corrected chi connectivity index (χ3v) is 3.04. The van der Waals surface area contributed by atoms with Gasteiger partial charge in [0, 0.05) is 32.8 Å². The van der Waals surface area contributed by atoms with Crippen LogP contribution in [0.15, 0.2) is 0 Å². The molecular formula is C11H24N2O3. The summed E-state index contributed by atoms with van der Waals surface area (Å²) in [6.07, 6.45) is 2.39. The van der Waals surface area contributed by atoms with E-state index in [1.807, 2.05) is 0 Å². The molecule has 1 aliphatic carbocycles. The lowest BCUT2D eigenvalue weighted by atomic mass is 10.1. The normalized spacial score (nSPS) is 20.1. The van der Waals surface area contributed by atoms with Crippen LogP contribution in [0.2, 0.25) is 0 Å². The van der Waals surface area contributed by atoms with E-state index >= 15 is 0 Å². The van der Waals surface area contributed by atoms with E-state index in [2.05, 4.69) is 4.90 Å². The molecule has 0 aromatic heterocycles. The van der Waals surface area contributed by atoms with Gasteiger partial charge in [0.25, 0.3) is 0 Å². The highest BCUT2D eigenvalue weighted by atomic mass is 16.5. The zero-order valence-electron chi connectivity index (χ0n) is 10.3. The summed E-state index contributed by atoms with van der Waals surface area (Å²) < 4.78 is 10.1. The largest absolute Gasteiger partial charge is 0.395 e. The van der Waals surface area contributed by atoms with Crippen molar-refractivity contribution in [2.24, 2.45) is 5.73 Å². The van der Waals surface area contributed by atoms with Crippen LogP contribution in [0, 0.1) is 0 Å². The van der Waals surface area contributed by atoms with Gasteiger partial charge < -0.3 is 20.3 Å². The van der Waals surface area contributed by atoms with Crippen molar-refractivity contribution in [2.45, 2.75) is 31.0 Å². The minimum absolute atomic E-state index is 0.0254. The number of methoxy groups -OCH3 is 2. The number of nitrogens with two attached hydrogens (primary N) is 1. The van der Waals surface area contributed by atoms with Crippen molar-refractivity contribution in [2.75, 3.05) is 40.6 Å². The molecule has 0 heterocycles. The minimum atomic E-state index is -0.146. The molecule has 5 nitrogen and oxygen atoms in total. The maximum Gasteiger partial charge on any atom is 0.0629 e. The highest BCUT2D eigenvalue weighted by Gasteiger charge is 2.35. The van der Waals surface area contributed by atoms with E-state index in [-0.39, 0.29) is 18.7 Å². The molecule has 5 heteroatoms. The van der Waals surface area contributed by atoms with Crippen molar-refractivity contribution in [1.82, 2.24) is 4.90 Å². The van der Waals surface area contributed by atoms with Crippen LogP contribution in [0.1, 0.15) is 12.8 Å². The van der Waals surface area contributed by atoms with E-state index in [1.54, 1.807) is 14.2 Å². The summed E-state index contributed by atoms with van der Waals surface area (Å²) in [5.74, 6) is 0. The zero-order valence-corrected chi connectivity index (χ0v) is 10.3. The third-order valence-electron chi connectivity index (χ3n) is 3.04. The maximum atomic E-state index is 9.45. The monoisotopic (exact) mass is 232 g/mol. The topological polar surface area (TPSA) is 68.0 Å². The molecule has 1 aliphatic rings. The van der Waals surface area contributed by atoms with Crippen molar-refractivity contribution in [3.63, 3.8) is 0 Å². The molecule has 0 bridgehead atoms. The van der Waals surface area contributed by atoms with Gasteiger partial charge in [-0.05, 0) is 12.8 Å². The molecular weight excluding hydrogens is 208 g/mol. The van der Waals surface area contributed by atoms with Gasteiger partial charge in [0.1, 0.15) is 0 Å². The van der Waals surface area contributed by atoms with Gasteiger partial charge in [-0.25, -0.2) is 0 Å². The first kappa shape index (κ1) is 13.9. The maximum absolute atomic E-state index is 9.45. The molecule has 1 saturated carbocycles. The fourth-order valence-corrected chi connectivity index (χ4v) is 2.01. The van der Waals surface area contributed by atoms with Crippen LogP contribution in [-0.2, 0) is 9.47 Å². The van der Waals surface area contributed by atoms with Gasteiger partial charge in [-0.3, -0.25) is 4.90 Å². The summed E-state index contributed by atoms with van der Waals surface area (Å²) in [5, 5.41) is 9.45. The van der Waals surface area contributed by atoms with Crippen LogP contribution < -0.4 is 5.73 Å². The molecule has 0 amide bonds. The summed E-state index contributed by atoms with van der Waals surface area (Å²) in [6.45, 7) is 2.04. The van der Waals surface area contributed by atoms with Gasteiger partial charge in [-0.1, -0.05) is 0 Å². The van der Waals surface area contributed by atoms with E-state index in [0.717, 1.165) is 6.54 Å². The van der Waals surface area contributed by atoms with Gasteiger partial charge in [0.2, 0.25) is 0 Å². The average Bonchev–Trinajstić information content (AvgIpc) is 3.08. The molecule has 0 aliphatic heterocycles. The number of nitrogens with zero attached hydrogens (tertiary/aromatic N) is 1. The molecule has 0 spiro atoms. The summed E-state index contributed by atoms with van der Waals surface area (Å²) in [4.78, 5) is 2.26. The quantitative estimate of drug-likeness (QED) is 0.557. The summed E-state index contributed by atoms with van der Waals surface area (Å²) >= 11 is 0. The molecule has 16 heavy (non-hydrogen) atoms. The smallest absolute Gasteiger partial charge is 0.0629 e. The second-order valence-corrected chi connectivity index (χ2v) is 4.33. The van der Waals surface area contributed by atoms with Gasteiger partial charge in [-0.15, -0.1) is 0 Å². The van der Waals surface area contributed by atoms with E-state index in [1.165, 1.54) is 12.8 Å². The second-order valence-electron chi connectivity index (χ2n) is 4.33. The van der Waals surface area contributed by atoms with Crippen molar-refractivity contribution >= 4 is 0 Å². The zero-order chi connectivity index (χ0) is 12.0. The summed E-state index contributed by atoms with van der Waals surface area (Å²) in [6, 6.07) is 0.394. The molecule has 0 saturated heterocycles. The first-order chi connectivity index (χ1) is 7.74. The predicted molar refractivity (Wildman–Crippen MR) is 62.3 cm³/mol. The summed E-state index contributed by atoms with van der Waals surface area (Å²) in [5.41, 5.74) is 6.01. The van der Waals surface area contributed by atoms with Crippen molar-refractivity contribution in [1.29, 1.82) is 0 Å². The second kappa shape index (κ2) is 7.19. The van der Waals surface area contributed by atoms with Crippen LogP contribution in [0.25, 0.3) is 0 Å². The Balaban J connectivity index is 2.50. The van der Waals surface area contributed by atoms with E-state index in [9.17, 15) is 5.11 Å². The Bertz CT molecular complexity index is 188. The number of hydrogen-bond donors (Lipinski definition) is 2. The van der Waals surface area contributed by atoms with Crippen LogP contribution in [0.3, 0.4) is 0 Å². The molecule has 1 rings (SSSR count). The minimum Gasteiger partial charge on any atom is -0.395 e. The third kappa shape index (κ3) is 3.99. The Labute approximate surface area is 97.5 Å². The van der Waals surface area contributed by atoms with Crippen molar-refractivity contribution < 1.29 is 14.6 Å². The van der Waals surface area contributed by atoms with Crippen molar-refractivity contribution in [3.8, 4) is 0 Å². The van der Waals surface area contributed by atoms with Gasteiger partial charge in [0.05, 0.1) is 25.9 Å². The molecule has 0 aromatic carbocycles. The number of hydrogen-bond acceptors (Lipinski definition) is 5. The lowest BCUT2D eigenvalue weighted by molar-refractivity contribution is 0.0472. The fourth-order valence-electron chi connectivity index (χ4n) is 2.01. The Hall–Kier alpha value is -0.200. The Morgan fingerprint density at radius 2 is 2.06 bits per heavy atom. The Morgan fingerprint density at radius 1 is 1.38 bits per heavy atom. The average molecular weight is 232 g/mol. The number of aliphatic hydroxyl groups is 1. The number of ether oxygens (including phenoxy) is 2. The number of aliphatic hydroxyl groups excluding tert-OH is 1. The van der Waals surface area contributed by atoms with Crippen molar-refractivity contribution in [3.05, 3.63) is 0 Å². The Kier molecular flexibility index (Phi) is 6.23. The standard InChI is InChI=1S/C11H24N2O3/c1-15-6-5-13(9-3-4-9)11(7-14)10(12)8-16-2/h9-11,14H,3-8,12H2,1-2H3. The lowest BCUT2D eigenvalue weighted by Crippen LogP contribution is -2.53. The first-order valence-corrected chi connectivity index (χ1v) is 5.84. The highest BCUT2D eigenvalue weighted by molar-refractivity contribution is 4.92. The molecule has 2 atom stereocenters. The summed E-state index contributed by atoms with van der Waals surface area (Å²) in [7, 11) is 3.32. The number of rotatable bonds is 9. The fraction of sp³-hybridized carbons (Fsp3) is 1.00. The molecule has 2 unspecified atom stereocenters. The predicted octanol–water partition coefficient (Wildman–Crippen LogP) is -0.568. The molecule has 96 valence electrons. The molecule has 3 N–H and O–H groups in total. The lowest BCUT2D eigenvalue weighted by Gasteiger charge is -2.34. The van der Waals surface area contributed by atoms with E-state index in [0.29, 0.717) is 19.3 Å². The van der Waals surface area contributed by atoms with E-state index in [4.69, 9.17) is 15.2 Å². The first-order valence-electron chi connectivity index (χ1n) is 5.84. The molecule has 0 radical (unpaired) electrons. The molecule has 0 aromatic rings. The van der Waals surface area contributed by atoms with Gasteiger partial charge >= 0.3 is 0 Å². The van der Waals surface area contributed by atoms with E-state index < -0.39 is 0 Å². The van der Waals surface area contributed by atoms with Crippen LogP contribution >= 0.6 is 0 Å². The molecule has 1 fully saturated rings. The van der Waals surface area contributed by atoms with Crippen LogP contribution in [-0.4, -0.2) is 68.7 Å². The Morgan fingerprint density at radius 3 is 2.50 bits per heavy atom. The highest BCUT2D eigenvalue weighted by Crippen LogP contribution is 2.29.